The summed E-state index contributed by atoms with van der Waals surface area (Å²) in [5, 5.41) is 4.77. The van der Waals surface area contributed by atoms with Gasteiger partial charge in [0.2, 0.25) is 0 Å². The highest BCUT2D eigenvalue weighted by molar-refractivity contribution is 5.56. The van der Waals surface area contributed by atoms with Crippen LogP contribution in [-0.2, 0) is 19.5 Å². The van der Waals surface area contributed by atoms with Gasteiger partial charge >= 0.3 is 0 Å². The molecule has 2 aliphatic heterocycles. The second-order valence-corrected chi connectivity index (χ2v) is 7.12. The van der Waals surface area contributed by atoms with Crippen LogP contribution in [0.4, 0.5) is 5.82 Å². The molecule has 1 aromatic carbocycles. The molecule has 0 bridgehead atoms. The summed E-state index contributed by atoms with van der Waals surface area (Å²) in [6.07, 6.45) is 5.63. The molecule has 0 aliphatic carbocycles. The first-order valence-corrected chi connectivity index (χ1v) is 9.25. The first-order chi connectivity index (χ1) is 12.4. The van der Waals surface area contributed by atoms with Gasteiger partial charge in [-0.3, -0.25) is 4.90 Å². The van der Waals surface area contributed by atoms with Crippen LogP contribution in [0.15, 0.2) is 42.6 Å². The zero-order chi connectivity index (χ0) is 16.6. The van der Waals surface area contributed by atoms with Crippen molar-refractivity contribution in [2.24, 2.45) is 0 Å². The van der Waals surface area contributed by atoms with Gasteiger partial charge in [-0.25, -0.2) is 9.50 Å². The maximum atomic E-state index is 4.97. The third-order valence-electron chi connectivity index (χ3n) is 5.37. The van der Waals surface area contributed by atoms with Crippen LogP contribution in [-0.4, -0.2) is 39.1 Å². The van der Waals surface area contributed by atoms with E-state index in [1.54, 1.807) is 0 Å². The van der Waals surface area contributed by atoms with Crippen molar-refractivity contribution >= 4 is 11.5 Å². The van der Waals surface area contributed by atoms with Crippen molar-refractivity contribution in [2.45, 2.75) is 32.4 Å². The van der Waals surface area contributed by atoms with Crippen molar-refractivity contribution in [2.75, 3.05) is 24.5 Å². The molecule has 1 fully saturated rings. The Kier molecular flexibility index (Phi) is 3.67. The monoisotopic (exact) mass is 333 g/mol. The number of aromatic nitrogens is 3. The van der Waals surface area contributed by atoms with Crippen molar-refractivity contribution in [3.05, 3.63) is 59.4 Å². The third-order valence-corrected chi connectivity index (χ3v) is 5.37. The predicted molar refractivity (Wildman–Crippen MR) is 98.7 cm³/mol. The van der Waals surface area contributed by atoms with Crippen LogP contribution in [0.2, 0.25) is 0 Å². The maximum absolute atomic E-state index is 4.97. The second-order valence-electron chi connectivity index (χ2n) is 7.12. The van der Waals surface area contributed by atoms with Gasteiger partial charge in [0.05, 0.1) is 5.69 Å². The summed E-state index contributed by atoms with van der Waals surface area (Å²) in [6.45, 7) is 5.23. The summed E-state index contributed by atoms with van der Waals surface area (Å²) in [4.78, 5) is 9.87. The molecule has 0 saturated carbocycles. The van der Waals surface area contributed by atoms with Gasteiger partial charge in [-0.2, -0.15) is 5.10 Å². The van der Waals surface area contributed by atoms with Crippen LogP contribution in [0.25, 0.3) is 5.65 Å². The Bertz CT molecular complexity index is 880. The smallest absolute Gasteiger partial charge is 0.162 e. The predicted octanol–water partition coefficient (Wildman–Crippen LogP) is 2.89. The fourth-order valence-corrected chi connectivity index (χ4v) is 4.04. The van der Waals surface area contributed by atoms with E-state index in [0.29, 0.717) is 0 Å². The van der Waals surface area contributed by atoms with E-state index in [-0.39, 0.29) is 0 Å². The molecule has 2 aliphatic rings. The average Bonchev–Trinajstić information content (AvgIpc) is 3.30. The van der Waals surface area contributed by atoms with Crippen LogP contribution in [0, 0.1) is 0 Å². The van der Waals surface area contributed by atoms with E-state index in [1.165, 1.54) is 29.7 Å². The highest BCUT2D eigenvalue weighted by Crippen LogP contribution is 2.25. The number of anilines is 1. The van der Waals surface area contributed by atoms with Gasteiger partial charge < -0.3 is 4.90 Å². The zero-order valence-corrected chi connectivity index (χ0v) is 14.4. The van der Waals surface area contributed by atoms with Gasteiger partial charge in [0.15, 0.2) is 5.65 Å². The molecule has 5 nitrogen and oxygen atoms in total. The second kappa shape index (κ2) is 6.15. The van der Waals surface area contributed by atoms with E-state index in [4.69, 9.17) is 10.1 Å². The number of benzene rings is 1. The van der Waals surface area contributed by atoms with E-state index in [0.717, 1.165) is 50.6 Å². The van der Waals surface area contributed by atoms with Crippen molar-refractivity contribution in [3.8, 4) is 0 Å². The van der Waals surface area contributed by atoms with E-state index in [9.17, 15) is 0 Å². The summed E-state index contributed by atoms with van der Waals surface area (Å²) >= 11 is 0. The van der Waals surface area contributed by atoms with Crippen molar-refractivity contribution in [3.63, 3.8) is 0 Å². The van der Waals surface area contributed by atoms with E-state index in [1.807, 2.05) is 4.52 Å². The summed E-state index contributed by atoms with van der Waals surface area (Å²) in [6, 6.07) is 12.8. The highest BCUT2D eigenvalue weighted by atomic mass is 15.3. The molecule has 5 rings (SSSR count). The SMILES string of the molecule is c1ccc(CN2CCc3nn4ccc(N5CCCC5)nc4c3C2)cc1. The number of hydrogen-bond acceptors (Lipinski definition) is 4. The summed E-state index contributed by atoms with van der Waals surface area (Å²) in [7, 11) is 0. The molecule has 25 heavy (non-hydrogen) atoms. The van der Waals surface area contributed by atoms with E-state index >= 15 is 0 Å². The Hall–Kier alpha value is -2.40. The Morgan fingerprint density at radius 1 is 0.960 bits per heavy atom. The van der Waals surface area contributed by atoms with Crippen molar-refractivity contribution < 1.29 is 0 Å². The van der Waals surface area contributed by atoms with Crippen molar-refractivity contribution in [1.29, 1.82) is 0 Å². The third kappa shape index (κ3) is 2.78. The van der Waals surface area contributed by atoms with Crippen LogP contribution >= 0.6 is 0 Å². The largest absolute Gasteiger partial charge is 0.357 e. The molecular weight excluding hydrogens is 310 g/mol. The van der Waals surface area contributed by atoms with Gasteiger partial charge in [-0.15, -0.1) is 0 Å². The van der Waals surface area contributed by atoms with Crippen LogP contribution in [0.3, 0.4) is 0 Å². The molecule has 0 atom stereocenters. The quantitative estimate of drug-likeness (QED) is 0.738. The van der Waals surface area contributed by atoms with Gasteiger partial charge in [0.1, 0.15) is 5.82 Å². The number of hydrogen-bond donors (Lipinski definition) is 0. The normalized spacial score (nSPS) is 18.0. The molecule has 128 valence electrons. The first-order valence-electron chi connectivity index (χ1n) is 9.25. The molecule has 2 aromatic heterocycles. The summed E-state index contributed by atoms with van der Waals surface area (Å²) < 4.78 is 1.97. The lowest BCUT2D eigenvalue weighted by Crippen LogP contribution is -2.29. The standard InChI is InChI=1S/C20H23N5/c1-2-6-16(7-3-1)14-23-12-8-18-17(15-23)20-21-19(9-13-25(20)22-18)24-10-4-5-11-24/h1-3,6-7,9,13H,4-5,8,10-12,14-15H2. The Balaban J connectivity index is 1.44. The van der Waals surface area contributed by atoms with E-state index in [2.05, 4.69) is 52.4 Å². The molecule has 5 heteroatoms. The van der Waals surface area contributed by atoms with Crippen LogP contribution in [0.5, 0.6) is 0 Å². The number of rotatable bonds is 3. The molecule has 1 saturated heterocycles. The lowest BCUT2D eigenvalue weighted by Gasteiger charge is -2.26. The van der Waals surface area contributed by atoms with Gasteiger partial charge in [0.25, 0.3) is 0 Å². The zero-order valence-electron chi connectivity index (χ0n) is 14.4. The fourth-order valence-electron chi connectivity index (χ4n) is 4.04. The first kappa shape index (κ1) is 14.9. The number of fused-ring (bicyclic) bond motifs is 3. The van der Waals surface area contributed by atoms with Crippen LogP contribution < -0.4 is 4.90 Å². The minimum Gasteiger partial charge on any atom is -0.357 e. The minimum atomic E-state index is 0.935. The molecular formula is C20H23N5. The Morgan fingerprint density at radius 2 is 1.80 bits per heavy atom. The van der Waals surface area contributed by atoms with E-state index < -0.39 is 0 Å². The van der Waals surface area contributed by atoms with Crippen molar-refractivity contribution in [1.82, 2.24) is 19.5 Å². The summed E-state index contributed by atoms with van der Waals surface area (Å²) in [5.74, 6) is 1.10. The lowest BCUT2D eigenvalue weighted by molar-refractivity contribution is 0.245. The molecule has 0 amide bonds. The molecule has 0 radical (unpaired) electrons. The lowest BCUT2D eigenvalue weighted by atomic mass is 10.1. The molecule has 0 spiro atoms. The fraction of sp³-hybridized carbons (Fsp3) is 0.400. The molecule has 0 N–H and O–H groups in total. The highest BCUT2D eigenvalue weighted by Gasteiger charge is 2.23. The molecule has 0 unspecified atom stereocenters. The average molecular weight is 333 g/mol. The number of nitrogens with zero attached hydrogens (tertiary/aromatic N) is 5. The molecule has 3 aromatic rings. The minimum absolute atomic E-state index is 0.935. The summed E-state index contributed by atoms with van der Waals surface area (Å²) in [5.41, 5.74) is 4.93. The van der Waals surface area contributed by atoms with Crippen LogP contribution in [0.1, 0.15) is 29.7 Å². The van der Waals surface area contributed by atoms with Gasteiger partial charge in [-0.05, 0) is 24.5 Å². The Labute approximate surface area is 147 Å². The molecule has 4 heterocycles. The van der Waals surface area contributed by atoms with Gasteiger partial charge in [-0.1, -0.05) is 30.3 Å². The van der Waals surface area contributed by atoms with Gasteiger partial charge in [0, 0.05) is 50.9 Å². The Morgan fingerprint density at radius 3 is 2.64 bits per heavy atom. The maximum Gasteiger partial charge on any atom is 0.162 e. The topological polar surface area (TPSA) is 36.7 Å².